The second kappa shape index (κ2) is 9.43. The molecule has 1 aliphatic heterocycles. The zero-order valence-electron chi connectivity index (χ0n) is 19.8. The standard InChI is InChI=1S/C26H22F3N3O5S/c27-26(28,29)16-5-7-17(8-6-16)30-25(35)21-19(14-2-1-3-14)9-4-15-12-20(24(34)32-22(15)21)23(33)31-18-10-11-38(36,37)13-18/h4-12,14,18H,1-3,13H2,(H,30,35)(H,31,33)(H,32,34)/t18-/m1/s1. The third-order valence-corrected chi connectivity index (χ3v) is 8.18. The molecule has 0 radical (unpaired) electrons. The Morgan fingerprint density at radius 2 is 1.71 bits per heavy atom. The van der Waals surface area contributed by atoms with Crippen LogP contribution in [0.3, 0.4) is 0 Å². The highest BCUT2D eigenvalue weighted by molar-refractivity contribution is 7.94. The minimum atomic E-state index is -4.51. The van der Waals surface area contributed by atoms with E-state index in [0.29, 0.717) is 10.9 Å². The molecule has 0 bridgehead atoms. The SMILES string of the molecule is O=C(N[C@@H]1C=CS(=O)(=O)C1)c1cc2ccc(C3CCC3)c(C(=O)Nc3ccc(C(F)(F)F)cc3)c2[nH]c1=O. The molecule has 12 heteroatoms. The van der Waals surface area contributed by atoms with E-state index in [1.807, 2.05) is 0 Å². The fourth-order valence-electron chi connectivity index (χ4n) is 4.61. The summed E-state index contributed by atoms with van der Waals surface area (Å²) in [5.74, 6) is -1.59. The highest BCUT2D eigenvalue weighted by atomic mass is 32.2. The van der Waals surface area contributed by atoms with Gasteiger partial charge in [-0.3, -0.25) is 14.4 Å². The quantitative estimate of drug-likeness (QED) is 0.445. The first kappa shape index (κ1) is 25.7. The van der Waals surface area contributed by atoms with Gasteiger partial charge >= 0.3 is 6.18 Å². The van der Waals surface area contributed by atoms with Gasteiger partial charge < -0.3 is 15.6 Å². The number of carbonyl (C=O) groups is 2. The summed E-state index contributed by atoms with van der Waals surface area (Å²) in [5.41, 5.74) is -0.643. The molecule has 3 N–H and O–H groups in total. The minimum absolute atomic E-state index is 0.0790. The van der Waals surface area contributed by atoms with Crippen LogP contribution in [0.1, 0.15) is 57.0 Å². The fourth-order valence-corrected chi connectivity index (χ4v) is 5.85. The average molecular weight is 546 g/mol. The van der Waals surface area contributed by atoms with Crippen molar-refractivity contribution in [2.75, 3.05) is 11.1 Å². The summed E-state index contributed by atoms with van der Waals surface area (Å²) >= 11 is 0. The van der Waals surface area contributed by atoms with Crippen molar-refractivity contribution < 1.29 is 31.2 Å². The second-order valence-corrected chi connectivity index (χ2v) is 11.3. The molecule has 8 nitrogen and oxygen atoms in total. The second-order valence-electron chi connectivity index (χ2n) is 9.40. The van der Waals surface area contributed by atoms with Gasteiger partial charge in [-0.25, -0.2) is 8.42 Å². The fraction of sp³-hybridized carbons (Fsp3) is 0.269. The van der Waals surface area contributed by atoms with E-state index in [-0.39, 0.29) is 34.0 Å². The van der Waals surface area contributed by atoms with Crippen LogP contribution in [0.5, 0.6) is 0 Å². The topological polar surface area (TPSA) is 125 Å². The van der Waals surface area contributed by atoms with Crippen LogP contribution in [0.2, 0.25) is 0 Å². The predicted molar refractivity (Wildman–Crippen MR) is 135 cm³/mol. The molecule has 5 rings (SSSR count). The Morgan fingerprint density at radius 3 is 2.29 bits per heavy atom. The Morgan fingerprint density at radius 1 is 1.00 bits per heavy atom. The summed E-state index contributed by atoms with van der Waals surface area (Å²) in [4.78, 5) is 41.7. The van der Waals surface area contributed by atoms with Crippen LogP contribution in [0, 0.1) is 0 Å². The third-order valence-electron chi connectivity index (χ3n) is 6.79. The van der Waals surface area contributed by atoms with E-state index in [2.05, 4.69) is 15.6 Å². The van der Waals surface area contributed by atoms with Crippen molar-refractivity contribution in [2.45, 2.75) is 37.4 Å². The van der Waals surface area contributed by atoms with Crippen molar-refractivity contribution in [1.29, 1.82) is 0 Å². The molecule has 0 spiro atoms. The third kappa shape index (κ3) is 5.08. The lowest BCUT2D eigenvalue weighted by atomic mass is 9.77. The van der Waals surface area contributed by atoms with Crippen molar-refractivity contribution in [2.24, 2.45) is 0 Å². The number of aromatic amines is 1. The molecule has 2 heterocycles. The monoisotopic (exact) mass is 545 g/mol. The first-order chi connectivity index (χ1) is 17.9. The van der Waals surface area contributed by atoms with Crippen LogP contribution >= 0.6 is 0 Å². The molecular weight excluding hydrogens is 523 g/mol. The number of hydrogen-bond acceptors (Lipinski definition) is 5. The number of anilines is 1. The molecule has 3 aromatic rings. The smallest absolute Gasteiger partial charge is 0.345 e. The zero-order chi connectivity index (χ0) is 27.2. The number of hydrogen-bond donors (Lipinski definition) is 3. The van der Waals surface area contributed by atoms with E-state index in [1.54, 1.807) is 12.1 Å². The van der Waals surface area contributed by atoms with E-state index in [9.17, 15) is 36.0 Å². The number of halogens is 3. The van der Waals surface area contributed by atoms with Gasteiger partial charge in [0.1, 0.15) is 5.56 Å². The van der Waals surface area contributed by atoms with Gasteiger partial charge in [-0.1, -0.05) is 18.6 Å². The number of nitrogens with one attached hydrogen (secondary N) is 3. The number of H-pyrrole nitrogens is 1. The number of sulfone groups is 1. The lowest BCUT2D eigenvalue weighted by Gasteiger charge is -2.28. The molecule has 1 atom stereocenters. The highest BCUT2D eigenvalue weighted by Crippen LogP contribution is 2.40. The van der Waals surface area contributed by atoms with E-state index >= 15 is 0 Å². The van der Waals surface area contributed by atoms with E-state index < -0.39 is 45.0 Å². The molecule has 198 valence electrons. The average Bonchev–Trinajstić information content (AvgIpc) is 3.14. The summed E-state index contributed by atoms with van der Waals surface area (Å²) in [7, 11) is -3.41. The molecule has 38 heavy (non-hydrogen) atoms. The Labute approximate surface area is 214 Å². The van der Waals surface area contributed by atoms with Gasteiger partial charge in [0.05, 0.1) is 28.4 Å². The minimum Gasteiger partial charge on any atom is -0.345 e. The molecular formula is C26H22F3N3O5S. The molecule has 1 aromatic heterocycles. The summed E-state index contributed by atoms with van der Waals surface area (Å²) in [6.45, 7) is 0. The first-order valence-electron chi connectivity index (χ1n) is 11.8. The van der Waals surface area contributed by atoms with E-state index in [0.717, 1.165) is 48.9 Å². The first-order valence-corrected chi connectivity index (χ1v) is 13.5. The Balaban J connectivity index is 1.49. The van der Waals surface area contributed by atoms with Gasteiger partial charge in [0.15, 0.2) is 9.84 Å². The number of fused-ring (bicyclic) bond motifs is 1. The van der Waals surface area contributed by atoms with Crippen molar-refractivity contribution in [1.82, 2.24) is 10.3 Å². The van der Waals surface area contributed by atoms with Crippen molar-refractivity contribution in [3.63, 3.8) is 0 Å². The number of amides is 2. The molecule has 1 saturated carbocycles. The lowest BCUT2D eigenvalue weighted by Crippen LogP contribution is -2.38. The van der Waals surface area contributed by atoms with Gasteiger partial charge in [0, 0.05) is 11.1 Å². The number of carbonyl (C=O) groups excluding carboxylic acids is 2. The number of alkyl halides is 3. The van der Waals surface area contributed by atoms with Crippen molar-refractivity contribution in [3.8, 4) is 0 Å². The molecule has 1 aliphatic carbocycles. The van der Waals surface area contributed by atoms with Crippen LogP contribution < -0.4 is 16.2 Å². The number of pyridine rings is 1. The number of aromatic nitrogens is 1. The van der Waals surface area contributed by atoms with Crippen molar-refractivity contribution >= 4 is 38.2 Å². The van der Waals surface area contributed by atoms with E-state index in [4.69, 9.17) is 0 Å². The van der Waals surface area contributed by atoms with Gasteiger partial charge in [-0.2, -0.15) is 13.2 Å². The normalized spacial score (nSPS) is 18.8. The maximum atomic E-state index is 13.4. The summed E-state index contributed by atoms with van der Waals surface area (Å²) < 4.78 is 61.9. The Kier molecular flexibility index (Phi) is 6.38. The van der Waals surface area contributed by atoms with Gasteiger partial charge in [-0.15, -0.1) is 0 Å². The Bertz CT molecular complexity index is 1640. The molecule has 2 aromatic carbocycles. The zero-order valence-corrected chi connectivity index (χ0v) is 20.6. The molecule has 1 fully saturated rings. The molecule has 0 saturated heterocycles. The number of benzene rings is 2. The molecule has 0 unspecified atom stereocenters. The highest BCUT2D eigenvalue weighted by Gasteiger charge is 2.31. The van der Waals surface area contributed by atoms with Crippen LogP contribution in [-0.2, 0) is 16.0 Å². The van der Waals surface area contributed by atoms with Crippen LogP contribution in [0.4, 0.5) is 18.9 Å². The van der Waals surface area contributed by atoms with E-state index in [1.165, 1.54) is 12.1 Å². The van der Waals surface area contributed by atoms with Crippen LogP contribution in [-0.4, -0.2) is 37.0 Å². The molecule has 2 amide bonds. The van der Waals surface area contributed by atoms with Gasteiger partial charge in [-0.05, 0) is 66.1 Å². The predicted octanol–water partition coefficient (Wildman–Crippen LogP) is 4.11. The van der Waals surface area contributed by atoms with Gasteiger partial charge in [0.25, 0.3) is 17.4 Å². The van der Waals surface area contributed by atoms with Crippen LogP contribution in [0.15, 0.2) is 58.7 Å². The largest absolute Gasteiger partial charge is 0.416 e. The molecule has 2 aliphatic rings. The maximum Gasteiger partial charge on any atom is 0.416 e. The van der Waals surface area contributed by atoms with Gasteiger partial charge in [0.2, 0.25) is 0 Å². The summed E-state index contributed by atoms with van der Waals surface area (Å²) in [5, 5.41) is 6.52. The maximum absolute atomic E-state index is 13.4. The summed E-state index contributed by atoms with van der Waals surface area (Å²) in [6, 6.07) is 8.02. The summed E-state index contributed by atoms with van der Waals surface area (Å²) in [6.07, 6.45) is -0.523. The Hall–Kier alpha value is -3.93. The van der Waals surface area contributed by atoms with Crippen molar-refractivity contribution in [3.05, 3.63) is 86.6 Å². The van der Waals surface area contributed by atoms with Crippen LogP contribution in [0.25, 0.3) is 10.9 Å². The number of rotatable bonds is 5. The lowest BCUT2D eigenvalue weighted by molar-refractivity contribution is -0.137.